The second-order valence-electron chi connectivity index (χ2n) is 8.43. The summed E-state index contributed by atoms with van der Waals surface area (Å²) in [5.41, 5.74) is 8.89. The number of imide groups is 1. The molecule has 3 aliphatic rings. The van der Waals surface area contributed by atoms with Crippen molar-refractivity contribution in [3.05, 3.63) is 34.9 Å². The van der Waals surface area contributed by atoms with Crippen molar-refractivity contribution in [2.24, 2.45) is 11.1 Å². The van der Waals surface area contributed by atoms with E-state index >= 15 is 0 Å². The fourth-order valence-electron chi connectivity index (χ4n) is 4.66. The van der Waals surface area contributed by atoms with Crippen LogP contribution in [0.2, 0.25) is 0 Å². The Morgan fingerprint density at radius 3 is 2.78 bits per heavy atom. The molecule has 0 radical (unpaired) electrons. The summed E-state index contributed by atoms with van der Waals surface area (Å²) in [5.74, 6) is -0.769. The lowest BCUT2D eigenvalue weighted by atomic mass is 9.67. The predicted octanol–water partition coefficient (Wildman–Crippen LogP) is 0.665. The standard InChI is InChI=1S/C20H26N4O3/c1-20(7-13(21)8-20)11-22-9-12-3-2-4-14-15(12)10-24(19(14)27)16-5-6-17(25)23-18(16)26/h2-4,13,16,22H,5-11,21H2,1H3,(H,23,25,26). The van der Waals surface area contributed by atoms with Crippen LogP contribution in [0.4, 0.5) is 0 Å². The van der Waals surface area contributed by atoms with Crippen LogP contribution in [-0.4, -0.2) is 41.2 Å². The van der Waals surface area contributed by atoms with E-state index in [2.05, 4.69) is 17.6 Å². The monoisotopic (exact) mass is 370 g/mol. The van der Waals surface area contributed by atoms with Gasteiger partial charge in [0, 0.05) is 37.7 Å². The number of piperidine rings is 1. The molecular weight excluding hydrogens is 344 g/mol. The minimum absolute atomic E-state index is 0.127. The third-order valence-corrected chi connectivity index (χ3v) is 6.06. The van der Waals surface area contributed by atoms with Gasteiger partial charge in [-0.15, -0.1) is 0 Å². The summed E-state index contributed by atoms with van der Waals surface area (Å²) in [6.45, 7) is 4.24. The van der Waals surface area contributed by atoms with Gasteiger partial charge in [-0.3, -0.25) is 19.7 Å². The number of hydrogen-bond acceptors (Lipinski definition) is 5. The number of rotatable bonds is 5. The third kappa shape index (κ3) is 3.37. The fourth-order valence-corrected chi connectivity index (χ4v) is 4.66. The molecule has 1 aromatic carbocycles. The van der Waals surface area contributed by atoms with Crippen LogP contribution in [0, 0.1) is 5.41 Å². The Morgan fingerprint density at radius 1 is 1.30 bits per heavy atom. The van der Waals surface area contributed by atoms with E-state index in [9.17, 15) is 14.4 Å². The Balaban J connectivity index is 1.44. The van der Waals surface area contributed by atoms with Gasteiger partial charge in [0.1, 0.15) is 6.04 Å². The molecule has 2 heterocycles. The number of hydrogen-bond donors (Lipinski definition) is 3. The van der Waals surface area contributed by atoms with Crippen LogP contribution in [0.25, 0.3) is 0 Å². The minimum Gasteiger partial charge on any atom is -0.328 e. The van der Waals surface area contributed by atoms with Gasteiger partial charge in [0.25, 0.3) is 5.91 Å². The van der Waals surface area contributed by atoms with E-state index in [-0.39, 0.29) is 29.6 Å². The highest BCUT2D eigenvalue weighted by atomic mass is 16.2. The highest BCUT2D eigenvalue weighted by Crippen LogP contribution is 2.38. The van der Waals surface area contributed by atoms with Gasteiger partial charge in [0.05, 0.1) is 0 Å². The van der Waals surface area contributed by atoms with Gasteiger partial charge in [-0.2, -0.15) is 0 Å². The van der Waals surface area contributed by atoms with Crippen molar-refractivity contribution < 1.29 is 14.4 Å². The first-order valence-electron chi connectivity index (χ1n) is 9.58. The van der Waals surface area contributed by atoms with Crippen molar-refractivity contribution in [3.8, 4) is 0 Å². The zero-order valence-corrected chi connectivity index (χ0v) is 15.6. The molecule has 144 valence electrons. The summed E-state index contributed by atoms with van der Waals surface area (Å²) in [6.07, 6.45) is 2.73. The van der Waals surface area contributed by atoms with Crippen molar-refractivity contribution in [1.82, 2.24) is 15.5 Å². The molecule has 1 aliphatic carbocycles. The molecule has 1 saturated heterocycles. The van der Waals surface area contributed by atoms with Crippen molar-refractivity contribution in [2.45, 2.75) is 57.8 Å². The fraction of sp³-hybridized carbons (Fsp3) is 0.550. The SMILES string of the molecule is CC1(CNCc2cccc3c2CN(C2CCC(=O)NC2=O)C3=O)CC(N)C1. The molecule has 3 amide bonds. The van der Waals surface area contributed by atoms with Gasteiger partial charge in [0.15, 0.2) is 0 Å². The zero-order chi connectivity index (χ0) is 19.2. The molecule has 1 unspecified atom stereocenters. The lowest BCUT2D eigenvalue weighted by Crippen LogP contribution is -2.52. The molecule has 2 fully saturated rings. The van der Waals surface area contributed by atoms with Crippen LogP contribution in [0.15, 0.2) is 18.2 Å². The molecule has 2 aliphatic heterocycles. The Hall–Kier alpha value is -2.25. The summed E-state index contributed by atoms with van der Waals surface area (Å²) in [6, 6.07) is 5.49. The second-order valence-corrected chi connectivity index (χ2v) is 8.43. The van der Waals surface area contributed by atoms with Crippen molar-refractivity contribution in [1.29, 1.82) is 0 Å². The molecule has 0 aromatic heterocycles. The van der Waals surface area contributed by atoms with Gasteiger partial charge < -0.3 is 16.0 Å². The number of fused-ring (bicyclic) bond motifs is 1. The number of nitrogens with two attached hydrogens (primary N) is 1. The highest BCUT2D eigenvalue weighted by molar-refractivity contribution is 6.05. The topological polar surface area (TPSA) is 105 Å². The van der Waals surface area contributed by atoms with Crippen LogP contribution in [0.5, 0.6) is 0 Å². The molecule has 1 atom stereocenters. The summed E-state index contributed by atoms with van der Waals surface area (Å²) in [5, 5.41) is 5.85. The van der Waals surface area contributed by atoms with E-state index in [0.29, 0.717) is 31.1 Å². The number of carbonyl (C=O) groups is 3. The van der Waals surface area contributed by atoms with Crippen LogP contribution in [0.3, 0.4) is 0 Å². The van der Waals surface area contributed by atoms with Gasteiger partial charge in [0.2, 0.25) is 11.8 Å². The van der Waals surface area contributed by atoms with E-state index in [1.165, 1.54) is 0 Å². The van der Waals surface area contributed by atoms with Crippen LogP contribution in [0.1, 0.15) is 54.1 Å². The highest BCUT2D eigenvalue weighted by Gasteiger charge is 2.40. The van der Waals surface area contributed by atoms with Gasteiger partial charge in [-0.1, -0.05) is 19.1 Å². The second kappa shape index (κ2) is 6.73. The van der Waals surface area contributed by atoms with Crippen molar-refractivity contribution in [3.63, 3.8) is 0 Å². The van der Waals surface area contributed by atoms with E-state index in [4.69, 9.17) is 5.73 Å². The van der Waals surface area contributed by atoms with Gasteiger partial charge in [-0.05, 0) is 41.9 Å². The quantitative estimate of drug-likeness (QED) is 0.661. The first kappa shape index (κ1) is 18.1. The molecule has 4 rings (SSSR count). The number of carbonyl (C=O) groups excluding carboxylic acids is 3. The summed E-state index contributed by atoms with van der Waals surface area (Å²) < 4.78 is 0. The molecule has 1 aromatic rings. The van der Waals surface area contributed by atoms with Crippen LogP contribution >= 0.6 is 0 Å². The summed E-state index contributed by atoms with van der Waals surface area (Å²) in [4.78, 5) is 38.0. The molecule has 27 heavy (non-hydrogen) atoms. The molecule has 0 spiro atoms. The van der Waals surface area contributed by atoms with Crippen LogP contribution in [-0.2, 0) is 22.7 Å². The number of benzene rings is 1. The minimum atomic E-state index is -0.571. The third-order valence-electron chi connectivity index (χ3n) is 6.06. The maximum atomic E-state index is 12.8. The Labute approximate surface area is 158 Å². The first-order valence-corrected chi connectivity index (χ1v) is 9.58. The normalized spacial score (nSPS) is 30.1. The van der Waals surface area contributed by atoms with E-state index in [0.717, 1.165) is 30.5 Å². The number of nitrogens with zero attached hydrogens (tertiary/aromatic N) is 1. The average molecular weight is 370 g/mol. The van der Waals surface area contributed by atoms with E-state index in [1.54, 1.807) is 4.90 Å². The maximum absolute atomic E-state index is 12.8. The van der Waals surface area contributed by atoms with E-state index < -0.39 is 6.04 Å². The molecule has 1 saturated carbocycles. The Bertz CT molecular complexity index is 800. The first-order chi connectivity index (χ1) is 12.9. The number of nitrogens with one attached hydrogen (secondary N) is 2. The Morgan fingerprint density at radius 2 is 2.07 bits per heavy atom. The maximum Gasteiger partial charge on any atom is 0.255 e. The van der Waals surface area contributed by atoms with Crippen molar-refractivity contribution >= 4 is 17.7 Å². The zero-order valence-electron chi connectivity index (χ0n) is 15.6. The Kier molecular flexibility index (Phi) is 4.52. The molecule has 7 nitrogen and oxygen atoms in total. The lowest BCUT2D eigenvalue weighted by Gasteiger charge is -2.43. The van der Waals surface area contributed by atoms with Gasteiger partial charge >= 0.3 is 0 Å². The van der Waals surface area contributed by atoms with Crippen LogP contribution < -0.4 is 16.4 Å². The number of amides is 3. The van der Waals surface area contributed by atoms with E-state index in [1.807, 2.05) is 18.2 Å². The van der Waals surface area contributed by atoms with Gasteiger partial charge in [-0.25, -0.2) is 0 Å². The molecular formula is C20H26N4O3. The summed E-state index contributed by atoms with van der Waals surface area (Å²) in [7, 11) is 0. The van der Waals surface area contributed by atoms with Crippen molar-refractivity contribution in [2.75, 3.05) is 6.54 Å². The predicted molar refractivity (Wildman–Crippen MR) is 99.5 cm³/mol. The largest absolute Gasteiger partial charge is 0.328 e. The smallest absolute Gasteiger partial charge is 0.255 e. The molecule has 0 bridgehead atoms. The average Bonchev–Trinajstić information content (AvgIpc) is 2.92. The molecule has 4 N–H and O–H groups in total. The molecule has 7 heteroatoms. The lowest BCUT2D eigenvalue weighted by molar-refractivity contribution is -0.136. The summed E-state index contributed by atoms with van der Waals surface area (Å²) >= 11 is 0.